The fourth-order valence-corrected chi connectivity index (χ4v) is 1.93. The zero-order valence-electron chi connectivity index (χ0n) is 14.8. The lowest BCUT2D eigenvalue weighted by molar-refractivity contribution is -0.871. The van der Waals surface area contributed by atoms with Gasteiger partial charge in [0.1, 0.15) is 5.60 Å². The number of hydrogen-bond donors (Lipinski definition) is 2. The average Bonchev–Trinajstić information content (AvgIpc) is 2.20. The summed E-state index contributed by atoms with van der Waals surface area (Å²) in [6.07, 6.45) is -0.266. The summed E-state index contributed by atoms with van der Waals surface area (Å²) in [6.45, 7) is 5.89. The molecule has 0 aliphatic rings. The number of aliphatic carboxylic acids is 1. The molecule has 23 heavy (non-hydrogen) atoms. The maximum absolute atomic E-state index is 11.9. The number of carbonyl (C=O) groups is 3. The van der Waals surface area contributed by atoms with Crippen LogP contribution < -0.4 is 17.7 Å². The van der Waals surface area contributed by atoms with E-state index in [0.29, 0.717) is 11.0 Å². The maximum Gasteiger partial charge on any atom is 0.308 e. The molecule has 0 unspecified atom stereocenters. The quantitative estimate of drug-likeness (QED) is 0.381. The van der Waals surface area contributed by atoms with E-state index in [2.05, 4.69) is 5.32 Å². The second-order valence-electron chi connectivity index (χ2n) is 7.42. The van der Waals surface area contributed by atoms with Crippen LogP contribution in [-0.2, 0) is 19.1 Å². The van der Waals surface area contributed by atoms with Crippen molar-refractivity contribution in [3.8, 4) is 0 Å². The second-order valence-corrected chi connectivity index (χ2v) is 7.42. The van der Waals surface area contributed by atoms with E-state index in [1.54, 1.807) is 20.8 Å². The largest absolute Gasteiger partial charge is 1.00 e. The molecule has 0 saturated carbocycles. The lowest BCUT2D eigenvalue weighted by atomic mass is 10.1. The van der Waals surface area contributed by atoms with E-state index in [1.165, 1.54) is 0 Å². The van der Waals surface area contributed by atoms with Gasteiger partial charge in [0.05, 0.1) is 46.6 Å². The van der Waals surface area contributed by atoms with Crippen molar-refractivity contribution in [1.82, 2.24) is 5.32 Å². The van der Waals surface area contributed by atoms with Gasteiger partial charge in [-0.15, -0.1) is 0 Å². The van der Waals surface area contributed by atoms with Crippen LogP contribution in [0, 0.1) is 0 Å². The van der Waals surface area contributed by atoms with E-state index in [9.17, 15) is 14.4 Å². The van der Waals surface area contributed by atoms with Gasteiger partial charge in [0.2, 0.25) is 5.91 Å². The van der Waals surface area contributed by atoms with Gasteiger partial charge in [0.15, 0.2) is 0 Å². The number of carbonyl (C=O) groups excluding carboxylic acids is 2. The SMILES string of the molecule is CC(C)(C)OC(=O)C[C@@H](C[N+](C)(C)C)NC(=O)CCC(=O)O.[Cl-]. The maximum atomic E-state index is 11.9. The van der Waals surface area contributed by atoms with Crippen molar-refractivity contribution in [2.45, 2.75) is 51.7 Å². The molecule has 0 saturated heterocycles. The van der Waals surface area contributed by atoms with Crippen LogP contribution in [0.3, 0.4) is 0 Å². The molecule has 0 rings (SSSR count). The number of hydrogen-bond acceptors (Lipinski definition) is 4. The van der Waals surface area contributed by atoms with Crippen molar-refractivity contribution in [3.05, 3.63) is 0 Å². The first-order valence-corrected chi connectivity index (χ1v) is 7.32. The van der Waals surface area contributed by atoms with Crippen molar-refractivity contribution >= 4 is 17.8 Å². The topological polar surface area (TPSA) is 92.7 Å². The molecule has 0 heterocycles. The molecule has 0 aliphatic heterocycles. The fourth-order valence-electron chi connectivity index (χ4n) is 1.93. The third-order valence-electron chi connectivity index (χ3n) is 2.53. The molecule has 0 aromatic carbocycles. The molecule has 0 radical (unpaired) electrons. The first kappa shape index (κ1) is 23.9. The summed E-state index contributed by atoms with van der Waals surface area (Å²) in [5.74, 6) is -1.78. The van der Waals surface area contributed by atoms with Crippen LogP contribution in [0.4, 0.5) is 0 Å². The minimum atomic E-state index is -1.02. The minimum Gasteiger partial charge on any atom is -1.00 e. The van der Waals surface area contributed by atoms with Crippen LogP contribution >= 0.6 is 0 Å². The van der Waals surface area contributed by atoms with Crippen LogP contribution in [0.25, 0.3) is 0 Å². The van der Waals surface area contributed by atoms with E-state index in [1.807, 2.05) is 21.1 Å². The molecule has 7 nitrogen and oxygen atoms in total. The lowest BCUT2D eigenvalue weighted by Crippen LogP contribution is -3.00. The summed E-state index contributed by atoms with van der Waals surface area (Å²) >= 11 is 0. The zero-order chi connectivity index (χ0) is 17.6. The minimum absolute atomic E-state index is 0. The Morgan fingerprint density at radius 1 is 1.13 bits per heavy atom. The van der Waals surface area contributed by atoms with Gasteiger partial charge in [-0.2, -0.15) is 0 Å². The van der Waals surface area contributed by atoms with Crippen molar-refractivity contribution in [2.24, 2.45) is 0 Å². The van der Waals surface area contributed by atoms with Gasteiger partial charge in [-0.25, -0.2) is 0 Å². The van der Waals surface area contributed by atoms with Crippen molar-refractivity contribution in [1.29, 1.82) is 0 Å². The molecular formula is C15H29ClN2O5. The Balaban J connectivity index is 0. The van der Waals surface area contributed by atoms with Gasteiger partial charge >= 0.3 is 11.9 Å². The molecule has 0 aliphatic carbocycles. The van der Waals surface area contributed by atoms with Gasteiger partial charge < -0.3 is 32.1 Å². The van der Waals surface area contributed by atoms with E-state index < -0.39 is 17.6 Å². The Morgan fingerprint density at radius 3 is 2.04 bits per heavy atom. The van der Waals surface area contributed by atoms with E-state index in [0.717, 1.165) is 0 Å². The number of likely N-dealkylation sites (N-methyl/N-ethyl adjacent to an activating group) is 1. The molecule has 0 aromatic rings. The number of esters is 1. The Morgan fingerprint density at radius 2 is 1.65 bits per heavy atom. The third-order valence-corrected chi connectivity index (χ3v) is 2.53. The first-order valence-electron chi connectivity index (χ1n) is 7.32. The zero-order valence-corrected chi connectivity index (χ0v) is 15.6. The van der Waals surface area contributed by atoms with Gasteiger partial charge in [-0.05, 0) is 20.8 Å². The summed E-state index contributed by atoms with van der Waals surface area (Å²) < 4.78 is 5.83. The van der Waals surface area contributed by atoms with Gasteiger partial charge in [-0.1, -0.05) is 0 Å². The Kier molecular flexibility index (Phi) is 10.1. The average molecular weight is 353 g/mol. The first-order chi connectivity index (χ1) is 9.78. The highest BCUT2D eigenvalue weighted by Crippen LogP contribution is 2.10. The predicted molar refractivity (Wildman–Crippen MR) is 82.2 cm³/mol. The summed E-state index contributed by atoms with van der Waals surface area (Å²) in [5.41, 5.74) is -0.578. The van der Waals surface area contributed by atoms with Gasteiger partial charge in [-0.3, -0.25) is 14.4 Å². The summed E-state index contributed by atoms with van der Waals surface area (Å²) in [7, 11) is 5.85. The Labute approximate surface area is 144 Å². The summed E-state index contributed by atoms with van der Waals surface area (Å²) in [6, 6.07) is -0.392. The molecule has 8 heteroatoms. The van der Waals surface area contributed by atoms with E-state index in [-0.39, 0.29) is 43.5 Å². The normalized spacial score (nSPS) is 12.8. The molecule has 0 bridgehead atoms. The van der Waals surface area contributed by atoms with Crippen LogP contribution in [0.15, 0.2) is 0 Å². The lowest BCUT2D eigenvalue weighted by Gasteiger charge is -2.30. The molecule has 1 amide bonds. The summed E-state index contributed by atoms with van der Waals surface area (Å²) in [4.78, 5) is 34.2. The molecular weight excluding hydrogens is 324 g/mol. The highest BCUT2D eigenvalue weighted by Gasteiger charge is 2.26. The number of quaternary nitrogens is 1. The molecule has 1 atom stereocenters. The van der Waals surface area contributed by atoms with E-state index >= 15 is 0 Å². The number of halogens is 1. The highest BCUT2D eigenvalue weighted by molar-refractivity contribution is 5.81. The van der Waals surface area contributed by atoms with Gasteiger partial charge in [0, 0.05) is 6.42 Å². The smallest absolute Gasteiger partial charge is 0.308 e. The number of rotatable bonds is 8. The predicted octanol–water partition coefficient (Wildman–Crippen LogP) is -2.22. The van der Waals surface area contributed by atoms with Crippen LogP contribution in [0.1, 0.15) is 40.0 Å². The standard InChI is InChI=1S/C15H28N2O5.ClH/c1-15(2,3)22-14(21)9-11(10-17(4,5)6)16-12(18)7-8-13(19)20;/h11H,7-10H2,1-6H3,(H-,16,18,19,20);1H/t11-;/m0./s1. The second kappa shape index (κ2) is 9.72. The number of carboxylic acid groups (broad SMARTS) is 1. The van der Waals surface area contributed by atoms with Crippen LogP contribution in [0.5, 0.6) is 0 Å². The van der Waals surface area contributed by atoms with Crippen LogP contribution in [0.2, 0.25) is 0 Å². The molecule has 0 fully saturated rings. The van der Waals surface area contributed by atoms with Crippen LogP contribution in [-0.4, -0.2) is 66.8 Å². The fraction of sp³-hybridized carbons (Fsp3) is 0.800. The third kappa shape index (κ3) is 15.3. The molecule has 0 spiro atoms. The van der Waals surface area contributed by atoms with Gasteiger partial charge in [0.25, 0.3) is 0 Å². The number of nitrogens with one attached hydrogen (secondary N) is 1. The Hall–Kier alpha value is -1.34. The number of carboxylic acids is 1. The molecule has 136 valence electrons. The molecule has 2 N–H and O–H groups in total. The van der Waals surface area contributed by atoms with Crippen molar-refractivity contribution < 1.29 is 41.1 Å². The molecule has 0 aromatic heterocycles. The van der Waals surface area contributed by atoms with Crippen molar-refractivity contribution in [3.63, 3.8) is 0 Å². The van der Waals surface area contributed by atoms with Crippen molar-refractivity contribution in [2.75, 3.05) is 27.7 Å². The van der Waals surface area contributed by atoms with E-state index in [4.69, 9.17) is 9.84 Å². The summed E-state index contributed by atoms with van der Waals surface area (Å²) in [5, 5.41) is 11.3. The number of nitrogens with zero attached hydrogens (tertiary/aromatic N) is 1. The monoisotopic (exact) mass is 352 g/mol. The Bertz CT molecular complexity index is 413. The number of amides is 1. The number of ether oxygens (including phenoxy) is 1. The highest BCUT2D eigenvalue weighted by atomic mass is 35.5.